The Bertz CT molecular complexity index is 1150. The summed E-state index contributed by atoms with van der Waals surface area (Å²) in [5, 5.41) is 8.15. The minimum Gasteiger partial charge on any atom is -0.327 e. The van der Waals surface area contributed by atoms with Gasteiger partial charge in [0.05, 0.1) is 16.4 Å². The molecule has 3 aromatic rings. The number of rotatable bonds is 6. The molecule has 1 N–H and O–H groups in total. The van der Waals surface area contributed by atoms with Gasteiger partial charge in [-0.05, 0) is 50.2 Å². The molecule has 2 amide bonds. The first-order valence-electron chi connectivity index (χ1n) is 10.7. The number of amides is 2. The summed E-state index contributed by atoms with van der Waals surface area (Å²) in [5.41, 5.74) is 1.77. The highest BCUT2D eigenvalue weighted by molar-refractivity contribution is 9.10. The van der Waals surface area contributed by atoms with Gasteiger partial charge >= 0.3 is 0 Å². The molecule has 0 aliphatic rings. The number of halogens is 2. The molecule has 174 valence electrons. The number of nitrogens with zero attached hydrogens (tertiary/aromatic N) is 3. The van der Waals surface area contributed by atoms with E-state index in [1.807, 2.05) is 50.2 Å². The Balaban J connectivity index is 1.88. The largest absolute Gasteiger partial charge is 0.327 e. The molecule has 0 fully saturated rings. The average Bonchev–Trinajstić information content (AvgIpc) is 3.16. The third-order valence-corrected chi connectivity index (χ3v) is 5.96. The van der Waals surface area contributed by atoms with Gasteiger partial charge in [-0.2, -0.15) is 5.10 Å². The van der Waals surface area contributed by atoms with Crippen molar-refractivity contribution in [3.05, 3.63) is 75.4 Å². The van der Waals surface area contributed by atoms with Crippen LogP contribution in [0.25, 0.3) is 5.69 Å². The van der Waals surface area contributed by atoms with Gasteiger partial charge in [0.1, 0.15) is 12.4 Å². The summed E-state index contributed by atoms with van der Waals surface area (Å²) in [4.78, 5) is 27.6. The molecule has 0 saturated heterocycles. The number of para-hydroxylation sites is 1. The molecule has 0 radical (unpaired) electrons. The lowest BCUT2D eigenvalue weighted by molar-refractivity contribution is -0.117. The van der Waals surface area contributed by atoms with E-state index in [-0.39, 0.29) is 29.8 Å². The average molecular weight is 532 g/mol. The Labute approximate surface area is 208 Å². The predicted molar refractivity (Wildman–Crippen MR) is 136 cm³/mol. The first kappa shape index (κ1) is 25.0. The highest BCUT2D eigenvalue weighted by Crippen LogP contribution is 2.29. The Morgan fingerprint density at radius 1 is 1.12 bits per heavy atom. The van der Waals surface area contributed by atoms with E-state index in [9.17, 15) is 9.59 Å². The van der Waals surface area contributed by atoms with Gasteiger partial charge in [-0.3, -0.25) is 9.59 Å². The molecule has 33 heavy (non-hydrogen) atoms. The maximum Gasteiger partial charge on any atom is 0.254 e. The minimum atomic E-state index is -0.317. The Morgan fingerprint density at radius 2 is 1.76 bits per heavy atom. The molecule has 0 atom stereocenters. The Hall–Kier alpha value is -2.64. The second-order valence-corrected chi connectivity index (χ2v) is 10.4. The molecule has 0 saturated carbocycles. The molecule has 0 unspecified atom stereocenters. The number of carbonyl (C=O) groups is 2. The maximum absolute atomic E-state index is 13.1. The van der Waals surface area contributed by atoms with Crippen molar-refractivity contribution in [1.82, 2.24) is 14.7 Å². The third-order valence-electron chi connectivity index (χ3n) is 5.12. The third kappa shape index (κ3) is 6.03. The number of benzene rings is 2. The van der Waals surface area contributed by atoms with Gasteiger partial charge < -0.3 is 10.2 Å². The van der Waals surface area contributed by atoms with Gasteiger partial charge in [0, 0.05) is 27.6 Å². The smallest absolute Gasteiger partial charge is 0.254 e. The minimum absolute atomic E-state index is 0.0921. The lowest BCUT2D eigenvalue weighted by Gasteiger charge is -2.26. The summed E-state index contributed by atoms with van der Waals surface area (Å²) in [6.45, 7) is 9.83. The second kappa shape index (κ2) is 10.1. The topological polar surface area (TPSA) is 67.2 Å². The fraction of sp³-hybridized carbons (Fsp3) is 0.320. The number of nitrogens with one attached hydrogen (secondary N) is 1. The second-order valence-electron chi connectivity index (χ2n) is 9.11. The van der Waals surface area contributed by atoms with Crippen molar-refractivity contribution < 1.29 is 9.59 Å². The van der Waals surface area contributed by atoms with Gasteiger partial charge in [0.2, 0.25) is 5.91 Å². The molecule has 2 aromatic carbocycles. The zero-order valence-corrected chi connectivity index (χ0v) is 21.7. The highest BCUT2D eigenvalue weighted by Gasteiger charge is 2.25. The van der Waals surface area contributed by atoms with Crippen LogP contribution in [0.1, 0.15) is 50.7 Å². The van der Waals surface area contributed by atoms with Gasteiger partial charge in [0.25, 0.3) is 5.91 Å². The molecule has 1 aromatic heterocycles. The van der Waals surface area contributed by atoms with Crippen molar-refractivity contribution in [3.63, 3.8) is 0 Å². The number of anilines is 1. The SMILES string of the molecule is CC(C)N(CC(=O)Nc1cc(C(C)(C)C)nn1-c1ccccc1Cl)C(=O)c1ccc(Br)cc1. The molecule has 0 bridgehead atoms. The summed E-state index contributed by atoms with van der Waals surface area (Å²) in [5.74, 6) is -0.0247. The van der Waals surface area contributed by atoms with Crippen LogP contribution in [0.5, 0.6) is 0 Å². The van der Waals surface area contributed by atoms with E-state index >= 15 is 0 Å². The van der Waals surface area contributed by atoms with E-state index in [2.05, 4.69) is 42.0 Å². The number of hydrogen-bond acceptors (Lipinski definition) is 3. The van der Waals surface area contributed by atoms with Gasteiger partial charge in [-0.15, -0.1) is 0 Å². The van der Waals surface area contributed by atoms with Crippen LogP contribution >= 0.6 is 27.5 Å². The van der Waals surface area contributed by atoms with E-state index in [0.717, 1.165) is 10.2 Å². The number of hydrogen-bond donors (Lipinski definition) is 1. The Kier molecular flexibility index (Phi) is 7.65. The van der Waals surface area contributed by atoms with Gasteiger partial charge in [0.15, 0.2) is 0 Å². The standard InChI is InChI=1S/C25H28BrClN4O2/c1-16(2)30(24(33)17-10-12-18(26)13-11-17)15-23(32)28-22-14-21(25(3,4)5)29-31(22)20-9-7-6-8-19(20)27/h6-14,16H,15H2,1-5H3,(H,28,32). The molecular formula is C25H28BrClN4O2. The van der Waals surface area contributed by atoms with Gasteiger partial charge in [-0.1, -0.05) is 60.4 Å². The Morgan fingerprint density at radius 3 is 2.33 bits per heavy atom. The molecule has 8 heteroatoms. The van der Waals surface area contributed by atoms with Crippen LogP contribution in [0.2, 0.25) is 5.02 Å². The van der Waals surface area contributed by atoms with Crippen molar-refractivity contribution in [2.24, 2.45) is 0 Å². The van der Waals surface area contributed by atoms with Crippen molar-refractivity contribution in [1.29, 1.82) is 0 Å². The van der Waals surface area contributed by atoms with E-state index in [0.29, 0.717) is 22.1 Å². The zero-order chi connectivity index (χ0) is 24.3. The molecule has 0 aliphatic heterocycles. The van der Waals surface area contributed by atoms with Crippen LogP contribution in [0.4, 0.5) is 5.82 Å². The summed E-state index contributed by atoms with van der Waals surface area (Å²) in [6.07, 6.45) is 0. The van der Waals surface area contributed by atoms with Crippen LogP contribution in [-0.4, -0.2) is 39.1 Å². The van der Waals surface area contributed by atoms with Crippen molar-refractivity contribution in [2.75, 3.05) is 11.9 Å². The molecule has 3 rings (SSSR count). The fourth-order valence-electron chi connectivity index (χ4n) is 3.23. The summed E-state index contributed by atoms with van der Waals surface area (Å²) in [7, 11) is 0. The van der Waals surface area contributed by atoms with E-state index in [1.54, 1.807) is 27.8 Å². The van der Waals surface area contributed by atoms with Crippen LogP contribution < -0.4 is 5.32 Å². The van der Waals surface area contributed by atoms with E-state index in [4.69, 9.17) is 16.7 Å². The van der Waals surface area contributed by atoms with Crippen LogP contribution in [0.15, 0.2) is 59.1 Å². The zero-order valence-electron chi connectivity index (χ0n) is 19.4. The fourth-order valence-corrected chi connectivity index (χ4v) is 3.71. The molecule has 6 nitrogen and oxygen atoms in total. The van der Waals surface area contributed by atoms with Crippen LogP contribution in [-0.2, 0) is 10.2 Å². The first-order valence-corrected chi connectivity index (χ1v) is 11.9. The van der Waals surface area contributed by atoms with E-state index in [1.165, 1.54) is 0 Å². The monoisotopic (exact) mass is 530 g/mol. The lowest BCUT2D eigenvalue weighted by atomic mass is 9.92. The quantitative estimate of drug-likeness (QED) is 0.419. The number of carbonyl (C=O) groups excluding carboxylic acids is 2. The number of aromatic nitrogens is 2. The molecule has 1 heterocycles. The molecule has 0 aliphatic carbocycles. The summed E-state index contributed by atoms with van der Waals surface area (Å²) in [6, 6.07) is 16.1. The van der Waals surface area contributed by atoms with Crippen LogP contribution in [0, 0.1) is 0 Å². The molecule has 0 spiro atoms. The van der Waals surface area contributed by atoms with E-state index < -0.39 is 0 Å². The summed E-state index contributed by atoms with van der Waals surface area (Å²) < 4.78 is 2.52. The first-order chi connectivity index (χ1) is 15.5. The maximum atomic E-state index is 13.1. The van der Waals surface area contributed by atoms with Crippen molar-refractivity contribution >= 4 is 45.2 Å². The van der Waals surface area contributed by atoms with Crippen molar-refractivity contribution in [2.45, 2.75) is 46.1 Å². The summed E-state index contributed by atoms with van der Waals surface area (Å²) >= 11 is 9.79. The lowest BCUT2D eigenvalue weighted by Crippen LogP contribution is -2.42. The highest BCUT2D eigenvalue weighted by atomic mass is 79.9. The molecular weight excluding hydrogens is 504 g/mol. The van der Waals surface area contributed by atoms with Crippen LogP contribution in [0.3, 0.4) is 0 Å². The van der Waals surface area contributed by atoms with Gasteiger partial charge in [-0.25, -0.2) is 4.68 Å². The normalized spacial score (nSPS) is 11.5. The predicted octanol–water partition coefficient (Wildman–Crippen LogP) is 6.08. The van der Waals surface area contributed by atoms with Crippen molar-refractivity contribution in [3.8, 4) is 5.69 Å².